The molecule has 1 aliphatic rings. The molecule has 1 aromatic heterocycles. The fourth-order valence-corrected chi connectivity index (χ4v) is 3.36. The van der Waals surface area contributed by atoms with E-state index in [0.717, 1.165) is 62.9 Å². The van der Waals surface area contributed by atoms with E-state index < -0.39 is 0 Å². The Bertz CT molecular complexity index is 757. The molecule has 1 aliphatic heterocycles. The van der Waals surface area contributed by atoms with E-state index in [0.29, 0.717) is 13.1 Å². The summed E-state index contributed by atoms with van der Waals surface area (Å²) >= 11 is 0. The van der Waals surface area contributed by atoms with Crippen LogP contribution >= 0.6 is 0 Å². The Morgan fingerprint density at radius 3 is 2.59 bits per heavy atom. The average molecular weight is 403 g/mol. The molecule has 1 fully saturated rings. The maximum atomic E-state index is 13.2. The molecule has 158 valence electrons. The van der Waals surface area contributed by atoms with E-state index in [1.807, 2.05) is 19.1 Å². The van der Waals surface area contributed by atoms with Crippen molar-refractivity contribution in [1.82, 2.24) is 15.1 Å². The van der Waals surface area contributed by atoms with Crippen molar-refractivity contribution in [2.24, 2.45) is 0 Å². The minimum absolute atomic E-state index is 0.00486. The largest absolute Gasteiger partial charge is 0.464 e. The molecular formula is C22H30FN3O3. The van der Waals surface area contributed by atoms with Gasteiger partial charge in [0, 0.05) is 19.6 Å². The first-order valence-corrected chi connectivity index (χ1v) is 10.2. The number of hydrogen-bond donors (Lipinski definition) is 1. The van der Waals surface area contributed by atoms with Crippen LogP contribution in [-0.2, 0) is 22.6 Å². The van der Waals surface area contributed by atoms with Gasteiger partial charge in [-0.3, -0.25) is 9.69 Å². The molecule has 1 aromatic carbocycles. The van der Waals surface area contributed by atoms with Crippen molar-refractivity contribution in [1.29, 1.82) is 0 Å². The van der Waals surface area contributed by atoms with Crippen molar-refractivity contribution in [2.45, 2.75) is 26.4 Å². The lowest BCUT2D eigenvalue weighted by atomic mass is 10.2. The molecular weight excluding hydrogens is 373 g/mol. The van der Waals surface area contributed by atoms with Crippen LogP contribution in [-0.4, -0.2) is 61.6 Å². The lowest BCUT2D eigenvalue weighted by Gasteiger charge is -2.26. The van der Waals surface area contributed by atoms with Gasteiger partial charge in [-0.2, -0.15) is 0 Å². The van der Waals surface area contributed by atoms with Gasteiger partial charge in [-0.05, 0) is 56.3 Å². The number of morpholine rings is 1. The molecule has 29 heavy (non-hydrogen) atoms. The molecule has 1 N–H and O–H groups in total. The number of carbonyl (C=O) groups excluding carboxylic acids is 1. The number of halogens is 1. The third kappa shape index (κ3) is 7.27. The molecule has 0 aliphatic carbocycles. The van der Waals surface area contributed by atoms with Gasteiger partial charge in [0.1, 0.15) is 17.3 Å². The quantitative estimate of drug-likeness (QED) is 0.618. The molecule has 0 atom stereocenters. The van der Waals surface area contributed by atoms with Crippen LogP contribution in [0, 0.1) is 12.7 Å². The van der Waals surface area contributed by atoms with Crippen molar-refractivity contribution in [2.75, 3.05) is 45.9 Å². The van der Waals surface area contributed by atoms with E-state index in [1.54, 1.807) is 17.0 Å². The Morgan fingerprint density at radius 1 is 1.14 bits per heavy atom. The minimum Gasteiger partial charge on any atom is -0.464 e. The average Bonchev–Trinajstić information content (AvgIpc) is 3.14. The topological polar surface area (TPSA) is 58.0 Å². The second-order valence-electron chi connectivity index (χ2n) is 7.37. The molecule has 7 heteroatoms. The molecule has 0 bridgehead atoms. The molecule has 2 aromatic rings. The highest BCUT2D eigenvalue weighted by Crippen LogP contribution is 2.13. The fraction of sp³-hybridized carbons (Fsp3) is 0.500. The van der Waals surface area contributed by atoms with Gasteiger partial charge in [0.2, 0.25) is 5.91 Å². The standard InChI is InChI=1S/C22H30FN3O3/c1-18-3-8-21(29-18)17-26(16-19-4-6-20(23)7-5-19)22(27)15-24-9-2-10-25-11-13-28-14-12-25/h3-8,24H,2,9-17H2,1H3. The van der Waals surface area contributed by atoms with Gasteiger partial charge >= 0.3 is 0 Å². The van der Waals surface area contributed by atoms with Crippen LogP contribution in [0.25, 0.3) is 0 Å². The zero-order chi connectivity index (χ0) is 20.5. The Kier molecular flexibility index (Phi) is 8.22. The van der Waals surface area contributed by atoms with Gasteiger partial charge < -0.3 is 19.4 Å². The van der Waals surface area contributed by atoms with Gasteiger partial charge in [-0.1, -0.05) is 12.1 Å². The highest BCUT2D eigenvalue weighted by molar-refractivity contribution is 5.78. The number of rotatable bonds is 10. The maximum Gasteiger partial charge on any atom is 0.237 e. The lowest BCUT2D eigenvalue weighted by molar-refractivity contribution is -0.131. The van der Waals surface area contributed by atoms with Crippen molar-refractivity contribution >= 4 is 5.91 Å². The molecule has 0 radical (unpaired) electrons. The summed E-state index contributed by atoms with van der Waals surface area (Å²) in [6, 6.07) is 10.0. The van der Waals surface area contributed by atoms with Crippen LogP contribution in [0.15, 0.2) is 40.8 Å². The predicted octanol–water partition coefficient (Wildman–Crippen LogP) is 2.57. The number of amides is 1. The Balaban J connectivity index is 1.48. The number of aryl methyl sites for hydroxylation is 1. The van der Waals surface area contributed by atoms with Gasteiger partial charge in [0.25, 0.3) is 0 Å². The third-order valence-electron chi connectivity index (χ3n) is 4.99. The van der Waals surface area contributed by atoms with Crippen molar-refractivity contribution < 1.29 is 18.3 Å². The Morgan fingerprint density at radius 2 is 1.90 bits per heavy atom. The molecule has 0 spiro atoms. The van der Waals surface area contributed by atoms with E-state index in [1.165, 1.54) is 12.1 Å². The molecule has 0 unspecified atom stereocenters. The number of nitrogens with zero attached hydrogens (tertiary/aromatic N) is 2. The number of furan rings is 1. The SMILES string of the molecule is Cc1ccc(CN(Cc2ccc(F)cc2)C(=O)CNCCCN2CCOCC2)o1. The molecule has 0 saturated carbocycles. The molecule has 1 saturated heterocycles. The van der Waals surface area contributed by atoms with Crippen molar-refractivity contribution in [3.05, 3.63) is 59.3 Å². The number of carbonyl (C=O) groups is 1. The maximum absolute atomic E-state index is 13.2. The van der Waals surface area contributed by atoms with Gasteiger partial charge in [0.05, 0.1) is 26.3 Å². The van der Waals surface area contributed by atoms with Gasteiger partial charge in [0.15, 0.2) is 0 Å². The van der Waals surface area contributed by atoms with Crippen LogP contribution < -0.4 is 5.32 Å². The highest BCUT2D eigenvalue weighted by atomic mass is 19.1. The van der Waals surface area contributed by atoms with E-state index in [2.05, 4.69) is 10.2 Å². The summed E-state index contributed by atoms with van der Waals surface area (Å²) in [4.78, 5) is 16.9. The monoisotopic (exact) mass is 403 g/mol. The first-order chi connectivity index (χ1) is 14.1. The molecule has 6 nitrogen and oxygen atoms in total. The van der Waals surface area contributed by atoms with Crippen molar-refractivity contribution in [3.63, 3.8) is 0 Å². The number of benzene rings is 1. The zero-order valence-electron chi connectivity index (χ0n) is 17.0. The summed E-state index contributed by atoms with van der Waals surface area (Å²) < 4.78 is 24.2. The summed E-state index contributed by atoms with van der Waals surface area (Å²) in [6.45, 7) is 8.30. The second-order valence-corrected chi connectivity index (χ2v) is 7.37. The lowest BCUT2D eigenvalue weighted by Crippen LogP contribution is -2.39. The summed E-state index contributed by atoms with van der Waals surface area (Å²) in [5.74, 6) is 1.27. The molecule has 1 amide bonds. The Labute approximate surface area is 171 Å². The number of ether oxygens (including phenoxy) is 1. The summed E-state index contributed by atoms with van der Waals surface area (Å²) in [5.41, 5.74) is 0.885. The predicted molar refractivity (Wildman–Crippen MR) is 109 cm³/mol. The summed E-state index contributed by atoms with van der Waals surface area (Å²) in [6.07, 6.45) is 0.989. The highest BCUT2D eigenvalue weighted by Gasteiger charge is 2.16. The number of hydrogen-bond acceptors (Lipinski definition) is 5. The van der Waals surface area contributed by atoms with E-state index in [-0.39, 0.29) is 18.3 Å². The van der Waals surface area contributed by atoms with Crippen LogP contribution in [0.5, 0.6) is 0 Å². The van der Waals surface area contributed by atoms with Crippen molar-refractivity contribution in [3.8, 4) is 0 Å². The summed E-state index contributed by atoms with van der Waals surface area (Å²) in [5, 5.41) is 3.25. The first-order valence-electron chi connectivity index (χ1n) is 10.2. The first kappa shape index (κ1) is 21.5. The number of nitrogens with one attached hydrogen (secondary N) is 1. The third-order valence-corrected chi connectivity index (χ3v) is 4.99. The second kappa shape index (κ2) is 11.1. The van der Waals surface area contributed by atoms with E-state index in [9.17, 15) is 9.18 Å². The minimum atomic E-state index is -0.282. The van der Waals surface area contributed by atoms with Crippen LogP contribution in [0.3, 0.4) is 0 Å². The smallest absolute Gasteiger partial charge is 0.237 e. The van der Waals surface area contributed by atoms with E-state index in [4.69, 9.17) is 9.15 Å². The van der Waals surface area contributed by atoms with Gasteiger partial charge in [-0.15, -0.1) is 0 Å². The van der Waals surface area contributed by atoms with Crippen LogP contribution in [0.2, 0.25) is 0 Å². The molecule has 3 rings (SSSR count). The molecule has 2 heterocycles. The zero-order valence-corrected chi connectivity index (χ0v) is 17.0. The van der Waals surface area contributed by atoms with Gasteiger partial charge in [-0.25, -0.2) is 4.39 Å². The van der Waals surface area contributed by atoms with E-state index >= 15 is 0 Å². The van der Waals surface area contributed by atoms with Crippen LogP contribution in [0.1, 0.15) is 23.5 Å². The van der Waals surface area contributed by atoms with Crippen LogP contribution in [0.4, 0.5) is 4.39 Å². The normalized spacial score (nSPS) is 14.8. The fourth-order valence-electron chi connectivity index (χ4n) is 3.36. The summed E-state index contributed by atoms with van der Waals surface area (Å²) in [7, 11) is 0. The Hall–Kier alpha value is -2.22.